The molecule has 3 N–H and O–H groups in total. The summed E-state index contributed by atoms with van der Waals surface area (Å²) >= 11 is -0.160. The number of anilines is 1. The summed E-state index contributed by atoms with van der Waals surface area (Å²) in [6, 6.07) is 1.49. The number of hydrogen-bond acceptors (Lipinski definition) is 7. The van der Waals surface area contributed by atoms with E-state index in [1.165, 1.54) is 26.6 Å². The maximum Gasteiger partial charge on any atom is 0.255 e. The highest BCUT2D eigenvalue weighted by Gasteiger charge is 2.22. The molecule has 0 aliphatic heterocycles. The lowest BCUT2D eigenvalue weighted by Gasteiger charge is -2.12. The molecule has 0 saturated heterocycles. The van der Waals surface area contributed by atoms with E-state index in [9.17, 15) is 17.5 Å². The van der Waals surface area contributed by atoms with E-state index in [1.54, 1.807) is 6.92 Å². The molecule has 0 bridgehead atoms. The summed E-state index contributed by atoms with van der Waals surface area (Å²) in [6.45, 7) is 2.01. The van der Waals surface area contributed by atoms with Gasteiger partial charge in [-0.05, 0) is 13.0 Å². The molecule has 3 rings (SSSR count). The van der Waals surface area contributed by atoms with Gasteiger partial charge in [0, 0.05) is 43.7 Å². The Bertz CT molecular complexity index is 1150. The maximum absolute atomic E-state index is 13.8. The predicted octanol–water partition coefficient (Wildman–Crippen LogP) is 3.31. The lowest BCUT2D eigenvalue weighted by atomic mass is 10.0. The van der Waals surface area contributed by atoms with Gasteiger partial charge in [-0.15, -0.1) is 3.89 Å². The first-order valence-corrected chi connectivity index (χ1v) is 9.71. The van der Waals surface area contributed by atoms with Crippen LogP contribution in [0.4, 0.5) is 18.4 Å². The van der Waals surface area contributed by atoms with E-state index in [-0.39, 0.29) is 64.4 Å². The molecule has 2 heterocycles. The van der Waals surface area contributed by atoms with Crippen LogP contribution in [0.25, 0.3) is 11.2 Å². The minimum Gasteiger partial charge on any atom is -0.387 e. The Labute approximate surface area is 180 Å². The van der Waals surface area contributed by atoms with E-state index < -0.39 is 17.5 Å². The normalized spacial score (nSPS) is 12.1. The number of methoxy groups -OCH3 is 1. The van der Waals surface area contributed by atoms with Gasteiger partial charge in [-0.3, -0.25) is 10.2 Å². The highest BCUT2D eigenvalue weighted by molar-refractivity contribution is 7.92. The monoisotopic (exact) mass is 452 g/mol. The van der Waals surface area contributed by atoms with Crippen LogP contribution in [0.2, 0.25) is 0 Å². The van der Waals surface area contributed by atoms with Crippen molar-refractivity contribution in [3.05, 3.63) is 53.0 Å². The number of rotatable bonds is 8. The molecule has 1 aromatic carbocycles. The van der Waals surface area contributed by atoms with Gasteiger partial charge in [0.2, 0.25) is 0 Å². The van der Waals surface area contributed by atoms with Gasteiger partial charge in [0.05, 0.1) is 24.1 Å². The highest BCUT2D eigenvalue weighted by Crippen LogP contribution is 2.26. The number of nitrogens with one attached hydrogen (secondary N) is 3. The fourth-order valence-corrected chi connectivity index (χ4v) is 3.34. The topological polar surface area (TPSA) is 105 Å². The van der Waals surface area contributed by atoms with Crippen molar-refractivity contribution >= 4 is 40.8 Å². The van der Waals surface area contributed by atoms with E-state index in [4.69, 9.17) is 10.1 Å². The summed E-state index contributed by atoms with van der Waals surface area (Å²) in [5.74, 6) is -2.72. The molecule has 164 valence electrons. The predicted molar refractivity (Wildman–Crippen MR) is 112 cm³/mol. The molecule has 0 radical (unpaired) electrons. The van der Waals surface area contributed by atoms with Crippen molar-refractivity contribution in [1.29, 1.82) is 5.41 Å². The Morgan fingerprint density at radius 3 is 2.68 bits per heavy atom. The van der Waals surface area contributed by atoms with Crippen LogP contribution in [0.5, 0.6) is 0 Å². The average molecular weight is 452 g/mol. The second-order valence-corrected chi connectivity index (χ2v) is 7.16. The van der Waals surface area contributed by atoms with E-state index >= 15 is 0 Å². The van der Waals surface area contributed by atoms with Crippen LogP contribution in [0.15, 0.2) is 24.5 Å². The molecule has 3 aromatic rings. The molecule has 31 heavy (non-hydrogen) atoms. The SMILES string of the molecule is CNc1cc(F)c(F)cc1C(=N)c1cnc2c(n1)c(C(=O)NC(C)COC)cn2SF. The number of benzene rings is 1. The van der Waals surface area contributed by atoms with Gasteiger partial charge in [0.25, 0.3) is 5.91 Å². The molecule has 0 aliphatic carbocycles. The summed E-state index contributed by atoms with van der Waals surface area (Å²) < 4.78 is 46.7. The van der Waals surface area contributed by atoms with Crippen molar-refractivity contribution in [2.75, 3.05) is 26.1 Å². The highest BCUT2D eigenvalue weighted by atomic mass is 32.2. The molecule has 1 atom stereocenters. The van der Waals surface area contributed by atoms with E-state index in [1.807, 2.05) is 0 Å². The lowest BCUT2D eigenvalue weighted by Crippen LogP contribution is -2.35. The van der Waals surface area contributed by atoms with E-state index in [0.29, 0.717) is 0 Å². The summed E-state index contributed by atoms with van der Waals surface area (Å²) in [4.78, 5) is 21.1. The molecule has 0 fully saturated rings. The molecular weight excluding hydrogens is 433 g/mol. The Morgan fingerprint density at radius 1 is 1.32 bits per heavy atom. The standard InChI is InChI=1S/C19H19F3N6O2S/c1-9(8-30-3)26-19(29)11-7-28(31-22)18-17(11)27-15(6-25-18)16(23)10-4-12(20)13(21)5-14(10)24-2/h4-7,9,23-24H,8H2,1-3H3,(H,26,29). The molecule has 12 heteroatoms. The number of carbonyl (C=O) groups is 1. The number of hydrogen-bond donors (Lipinski definition) is 3. The Kier molecular flexibility index (Phi) is 6.81. The van der Waals surface area contributed by atoms with Crippen molar-refractivity contribution in [3.63, 3.8) is 0 Å². The fourth-order valence-electron chi connectivity index (χ4n) is 3.00. The van der Waals surface area contributed by atoms with Crippen LogP contribution in [0.3, 0.4) is 0 Å². The first-order chi connectivity index (χ1) is 14.8. The number of carbonyl (C=O) groups excluding carboxylic acids is 1. The Hall–Kier alpha value is -3.12. The van der Waals surface area contributed by atoms with Gasteiger partial charge in [-0.2, -0.15) is 0 Å². The van der Waals surface area contributed by atoms with Gasteiger partial charge < -0.3 is 15.4 Å². The average Bonchev–Trinajstić information content (AvgIpc) is 3.13. The van der Waals surface area contributed by atoms with Crippen LogP contribution < -0.4 is 10.6 Å². The van der Waals surface area contributed by atoms with Crippen LogP contribution in [-0.4, -0.2) is 52.4 Å². The maximum atomic E-state index is 13.8. The van der Waals surface area contributed by atoms with Gasteiger partial charge in [-0.25, -0.2) is 22.7 Å². The third-order valence-electron chi connectivity index (χ3n) is 4.43. The number of halogens is 3. The van der Waals surface area contributed by atoms with Crippen molar-refractivity contribution in [3.8, 4) is 0 Å². The minimum atomic E-state index is -1.13. The quantitative estimate of drug-likeness (QED) is 0.453. The van der Waals surface area contributed by atoms with Crippen LogP contribution in [-0.2, 0) is 4.74 Å². The number of nitrogens with zero attached hydrogens (tertiary/aromatic N) is 3. The first-order valence-electron chi connectivity index (χ1n) is 9.03. The summed E-state index contributed by atoms with van der Waals surface area (Å²) in [5.41, 5.74) is 0.149. The zero-order chi connectivity index (χ0) is 22.7. The second-order valence-electron chi connectivity index (χ2n) is 6.63. The van der Waals surface area contributed by atoms with Gasteiger partial charge in [0.15, 0.2) is 29.6 Å². The van der Waals surface area contributed by atoms with Gasteiger partial charge in [-0.1, -0.05) is 0 Å². The zero-order valence-electron chi connectivity index (χ0n) is 16.8. The van der Waals surface area contributed by atoms with E-state index in [2.05, 4.69) is 20.6 Å². The van der Waals surface area contributed by atoms with Gasteiger partial charge >= 0.3 is 0 Å². The molecule has 1 amide bonds. The zero-order valence-corrected chi connectivity index (χ0v) is 17.6. The summed E-state index contributed by atoms with van der Waals surface area (Å²) in [7, 11) is 3.00. The molecule has 1 unspecified atom stereocenters. The summed E-state index contributed by atoms with van der Waals surface area (Å²) in [6.07, 6.45) is 2.45. The smallest absolute Gasteiger partial charge is 0.255 e. The molecule has 2 aromatic heterocycles. The summed E-state index contributed by atoms with van der Waals surface area (Å²) in [5, 5.41) is 13.8. The molecule has 0 spiro atoms. The Balaban J connectivity index is 2.07. The molecule has 0 aliphatic rings. The van der Waals surface area contributed by atoms with Crippen molar-refractivity contribution in [2.24, 2.45) is 0 Å². The second kappa shape index (κ2) is 9.35. The van der Waals surface area contributed by atoms with Crippen LogP contribution >= 0.6 is 12.3 Å². The van der Waals surface area contributed by atoms with Gasteiger partial charge in [0.1, 0.15) is 11.2 Å². The third-order valence-corrected chi connectivity index (χ3v) is 4.86. The Morgan fingerprint density at radius 2 is 2.03 bits per heavy atom. The van der Waals surface area contributed by atoms with E-state index in [0.717, 1.165) is 16.1 Å². The number of amides is 1. The molecular formula is C19H19F3N6O2S. The van der Waals surface area contributed by atoms with Crippen molar-refractivity contribution in [1.82, 2.24) is 19.3 Å². The first kappa shape index (κ1) is 22.6. The largest absolute Gasteiger partial charge is 0.387 e. The third kappa shape index (κ3) is 4.49. The van der Waals surface area contributed by atoms with Crippen LogP contribution in [0, 0.1) is 17.0 Å². The molecule has 8 nitrogen and oxygen atoms in total. The minimum absolute atomic E-state index is 0.00407. The van der Waals surface area contributed by atoms with Crippen LogP contribution in [0.1, 0.15) is 28.5 Å². The molecule has 0 saturated carbocycles. The lowest BCUT2D eigenvalue weighted by molar-refractivity contribution is 0.0907. The number of ether oxygens (including phenoxy) is 1. The fraction of sp³-hybridized carbons (Fsp3) is 0.263. The van der Waals surface area contributed by atoms with Crippen molar-refractivity contribution < 1.29 is 22.2 Å². The number of aromatic nitrogens is 3. The number of fused-ring (bicyclic) bond motifs is 1. The van der Waals surface area contributed by atoms with Crippen molar-refractivity contribution in [2.45, 2.75) is 13.0 Å².